The van der Waals surface area contributed by atoms with Crippen LogP contribution in [-0.4, -0.2) is 29.2 Å². The highest BCUT2D eigenvalue weighted by Gasteiger charge is 2.33. The van der Waals surface area contributed by atoms with Crippen LogP contribution < -0.4 is 10.1 Å². The highest BCUT2D eigenvalue weighted by Crippen LogP contribution is 2.33. The van der Waals surface area contributed by atoms with Crippen LogP contribution in [0.5, 0.6) is 5.75 Å². The molecule has 3 rings (SSSR count). The first-order valence-corrected chi connectivity index (χ1v) is 8.47. The van der Waals surface area contributed by atoms with Crippen molar-refractivity contribution >= 4 is 11.7 Å². The van der Waals surface area contributed by atoms with Crippen LogP contribution in [0.25, 0.3) is 0 Å². The fourth-order valence-electron chi connectivity index (χ4n) is 3.00. The molecule has 1 aliphatic heterocycles. The van der Waals surface area contributed by atoms with E-state index >= 15 is 0 Å². The number of hydrogen-bond acceptors (Lipinski definition) is 4. The van der Waals surface area contributed by atoms with E-state index in [1.165, 1.54) is 0 Å². The molecule has 1 aromatic heterocycles. The van der Waals surface area contributed by atoms with Crippen LogP contribution in [0.15, 0.2) is 34.9 Å². The molecule has 1 atom stereocenters. The van der Waals surface area contributed by atoms with Crippen molar-refractivity contribution in [3.63, 3.8) is 0 Å². The van der Waals surface area contributed by atoms with Crippen LogP contribution in [0.2, 0.25) is 0 Å². The molecule has 1 aromatic carbocycles. The van der Waals surface area contributed by atoms with Gasteiger partial charge in [0.2, 0.25) is 0 Å². The van der Waals surface area contributed by atoms with Crippen molar-refractivity contribution in [3.8, 4) is 5.75 Å². The number of urea groups is 1. The first kappa shape index (κ1) is 16.4. The fraction of sp³-hybridized carbons (Fsp3) is 0.444. The minimum atomic E-state index is -0.140. The van der Waals surface area contributed by atoms with Gasteiger partial charge in [0, 0.05) is 12.6 Å². The summed E-state index contributed by atoms with van der Waals surface area (Å²) in [5.74, 6) is 1.44. The van der Waals surface area contributed by atoms with E-state index in [0.717, 1.165) is 30.7 Å². The maximum absolute atomic E-state index is 12.7. The number of rotatable bonds is 5. The van der Waals surface area contributed by atoms with E-state index in [2.05, 4.69) is 10.5 Å². The normalized spacial score (nSPS) is 17.1. The number of hydrogen-bond donors (Lipinski definition) is 1. The topological polar surface area (TPSA) is 67.6 Å². The van der Waals surface area contributed by atoms with E-state index in [0.29, 0.717) is 24.6 Å². The van der Waals surface area contributed by atoms with Gasteiger partial charge in [-0.3, -0.25) is 0 Å². The number of anilines is 1. The first-order valence-electron chi connectivity index (χ1n) is 8.47. The summed E-state index contributed by atoms with van der Waals surface area (Å²) in [6.45, 7) is 5.21. The third-order valence-electron chi connectivity index (χ3n) is 4.21. The number of benzene rings is 1. The molecule has 1 saturated heterocycles. The van der Waals surface area contributed by atoms with Crippen molar-refractivity contribution in [3.05, 3.63) is 41.8 Å². The minimum Gasteiger partial charge on any atom is -0.492 e. The molecular formula is C18H23N3O3. The molecule has 2 aromatic rings. The molecule has 0 saturated carbocycles. The van der Waals surface area contributed by atoms with Crippen molar-refractivity contribution < 1.29 is 14.1 Å². The Kier molecular flexibility index (Phi) is 5.03. The molecule has 1 N–H and O–H groups in total. The quantitative estimate of drug-likeness (QED) is 0.900. The Balaban J connectivity index is 1.74. The number of likely N-dealkylation sites (tertiary alicyclic amines) is 1. The van der Waals surface area contributed by atoms with Crippen LogP contribution in [0.1, 0.15) is 44.2 Å². The lowest BCUT2D eigenvalue weighted by molar-refractivity contribution is 0.195. The number of aryl methyl sites for hydroxylation is 1. The van der Waals surface area contributed by atoms with Gasteiger partial charge >= 0.3 is 6.03 Å². The number of carbonyl (C=O) groups excluding carboxylic acids is 1. The smallest absolute Gasteiger partial charge is 0.322 e. The van der Waals surface area contributed by atoms with Gasteiger partial charge in [-0.2, -0.15) is 0 Å². The van der Waals surface area contributed by atoms with Gasteiger partial charge in [-0.25, -0.2) is 4.79 Å². The molecule has 6 heteroatoms. The molecule has 0 bridgehead atoms. The van der Waals surface area contributed by atoms with Crippen molar-refractivity contribution in [1.29, 1.82) is 0 Å². The van der Waals surface area contributed by atoms with Crippen LogP contribution in [0.3, 0.4) is 0 Å². The highest BCUT2D eigenvalue weighted by atomic mass is 16.5. The maximum Gasteiger partial charge on any atom is 0.322 e. The van der Waals surface area contributed by atoms with Crippen molar-refractivity contribution in [2.24, 2.45) is 0 Å². The van der Waals surface area contributed by atoms with Crippen molar-refractivity contribution in [1.82, 2.24) is 10.1 Å². The summed E-state index contributed by atoms with van der Waals surface area (Å²) in [7, 11) is 0. The maximum atomic E-state index is 12.7. The third kappa shape index (κ3) is 3.37. The van der Waals surface area contributed by atoms with E-state index in [1.807, 2.05) is 49.1 Å². The first-order chi connectivity index (χ1) is 11.7. The average Bonchev–Trinajstić information content (AvgIpc) is 3.25. The molecule has 0 aliphatic carbocycles. The number of para-hydroxylation sites is 2. The Labute approximate surface area is 141 Å². The van der Waals surface area contributed by atoms with Gasteiger partial charge in [0.15, 0.2) is 5.76 Å². The van der Waals surface area contributed by atoms with E-state index < -0.39 is 0 Å². The summed E-state index contributed by atoms with van der Waals surface area (Å²) in [4.78, 5) is 14.5. The van der Waals surface area contributed by atoms with Gasteiger partial charge in [-0.05, 0) is 38.3 Å². The zero-order chi connectivity index (χ0) is 16.9. The van der Waals surface area contributed by atoms with Gasteiger partial charge in [0.05, 0.1) is 24.0 Å². The SMILES string of the molecule is CCOc1ccccc1NC(=O)N1CCC[C@H]1c1cc(CC)no1. The Bertz CT molecular complexity index is 698. The molecule has 2 amide bonds. The van der Waals surface area contributed by atoms with Gasteiger partial charge in [0.25, 0.3) is 0 Å². The fourth-order valence-corrected chi connectivity index (χ4v) is 3.00. The molecule has 24 heavy (non-hydrogen) atoms. The Morgan fingerprint density at radius 2 is 2.25 bits per heavy atom. The molecule has 1 fully saturated rings. The van der Waals surface area contributed by atoms with Crippen LogP contribution >= 0.6 is 0 Å². The molecule has 0 spiro atoms. The summed E-state index contributed by atoms with van der Waals surface area (Å²) < 4.78 is 11.0. The third-order valence-corrected chi connectivity index (χ3v) is 4.21. The lowest BCUT2D eigenvalue weighted by Crippen LogP contribution is -2.34. The Hall–Kier alpha value is -2.50. The van der Waals surface area contributed by atoms with Gasteiger partial charge in [-0.15, -0.1) is 0 Å². The number of nitrogens with zero attached hydrogens (tertiary/aromatic N) is 2. The zero-order valence-electron chi connectivity index (χ0n) is 14.1. The summed E-state index contributed by atoms with van der Waals surface area (Å²) in [6.07, 6.45) is 2.66. The predicted octanol–water partition coefficient (Wildman–Crippen LogP) is 4.00. The van der Waals surface area contributed by atoms with Crippen LogP contribution in [-0.2, 0) is 6.42 Å². The molecule has 0 unspecified atom stereocenters. The second kappa shape index (κ2) is 7.38. The molecular weight excluding hydrogens is 306 g/mol. The van der Waals surface area contributed by atoms with Crippen LogP contribution in [0.4, 0.5) is 10.5 Å². The number of aromatic nitrogens is 1. The monoisotopic (exact) mass is 329 g/mol. The summed E-state index contributed by atoms with van der Waals surface area (Å²) in [6, 6.07) is 9.21. The predicted molar refractivity (Wildman–Crippen MR) is 91.2 cm³/mol. The summed E-state index contributed by atoms with van der Waals surface area (Å²) in [5, 5.41) is 7.00. The molecule has 1 aliphatic rings. The molecule has 128 valence electrons. The van der Waals surface area contributed by atoms with Crippen molar-refractivity contribution in [2.45, 2.75) is 39.2 Å². The van der Waals surface area contributed by atoms with E-state index in [9.17, 15) is 4.79 Å². The Morgan fingerprint density at radius 3 is 3.00 bits per heavy atom. The van der Waals surface area contributed by atoms with Gasteiger partial charge in [-0.1, -0.05) is 24.2 Å². The molecule has 6 nitrogen and oxygen atoms in total. The van der Waals surface area contributed by atoms with Gasteiger partial charge < -0.3 is 19.5 Å². The second-order valence-corrected chi connectivity index (χ2v) is 5.78. The standard InChI is InChI=1S/C18H23N3O3/c1-3-13-12-17(24-20-13)15-9-7-11-21(15)18(22)19-14-8-5-6-10-16(14)23-4-2/h5-6,8,10,12,15H,3-4,7,9,11H2,1-2H3,(H,19,22)/t15-/m0/s1. The van der Waals surface area contributed by atoms with Gasteiger partial charge in [0.1, 0.15) is 5.75 Å². The molecule has 0 radical (unpaired) electrons. The van der Waals surface area contributed by atoms with E-state index in [1.54, 1.807) is 0 Å². The summed E-state index contributed by atoms with van der Waals surface area (Å²) >= 11 is 0. The number of nitrogens with one attached hydrogen (secondary N) is 1. The zero-order valence-corrected chi connectivity index (χ0v) is 14.1. The lowest BCUT2D eigenvalue weighted by atomic mass is 10.1. The highest BCUT2D eigenvalue weighted by molar-refractivity contribution is 5.91. The van der Waals surface area contributed by atoms with E-state index in [-0.39, 0.29) is 12.1 Å². The summed E-state index contributed by atoms with van der Waals surface area (Å²) in [5.41, 5.74) is 1.60. The van der Waals surface area contributed by atoms with Crippen molar-refractivity contribution in [2.75, 3.05) is 18.5 Å². The van der Waals surface area contributed by atoms with E-state index in [4.69, 9.17) is 9.26 Å². The number of carbonyl (C=O) groups is 1. The number of amides is 2. The number of ether oxygens (including phenoxy) is 1. The lowest BCUT2D eigenvalue weighted by Gasteiger charge is -2.23. The average molecular weight is 329 g/mol. The second-order valence-electron chi connectivity index (χ2n) is 5.78. The van der Waals surface area contributed by atoms with Crippen LogP contribution in [0, 0.1) is 0 Å². The minimum absolute atomic E-state index is 0.0583. The Morgan fingerprint density at radius 1 is 1.42 bits per heavy atom. The largest absolute Gasteiger partial charge is 0.492 e. The molecule has 2 heterocycles.